The number of hydrogen-bond acceptors (Lipinski definition) is 5. The van der Waals surface area contributed by atoms with Gasteiger partial charge in [0.25, 0.3) is 0 Å². The molecule has 5 unspecified atom stereocenters. The number of nitro groups is 1. The molecule has 1 amide bonds. The number of aryl methyl sites for hydroxylation is 1. The van der Waals surface area contributed by atoms with Crippen molar-refractivity contribution in [2.75, 3.05) is 0 Å². The number of nitrogens with one attached hydrogen (secondary N) is 3. The van der Waals surface area contributed by atoms with E-state index in [0.29, 0.717) is 12.8 Å². The van der Waals surface area contributed by atoms with E-state index < -0.39 is 12.1 Å². The zero-order valence-electron chi connectivity index (χ0n) is 13.4. The number of fused-ring (bicyclic) bond motifs is 2. The largest absolute Gasteiger partial charge is 0.348 e. The Balaban J connectivity index is 1.44. The minimum atomic E-state index is -0.532. The summed E-state index contributed by atoms with van der Waals surface area (Å²) in [5.41, 5.74) is 8.72. The van der Waals surface area contributed by atoms with E-state index in [2.05, 4.69) is 28.3 Å². The van der Waals surface area contributed by atoms with Gasteiger partial charge < -0.3 is 5.32 Å². The molecule has 7 heteroatoms. The van der Waals surface area contributed by atoms with Gasteiger partial charge in [-0.1, -0.05) is 24.3 Å². The lowest BCUT2D eigenvalue weighted by Crippen LogP contribution is -2.47. The number of amides is 1. The summed E-state index contributed by atoms with van der Waals surface area (Å²) in [5.74, 6) is -0.0773. The first-order valence-corrected chi connectivity index (χ1v) is 8.66. The van der Waals surface area contributed by atoms with Gasteiger partial charge in [-0.15, -0.1) is 0 Å². The normalized spacial score (nSPS) is 34.4. The van der Waals surface area contributed by atoms with Gasteiger partial charge in [0.15, 0.2) is 0 Å². The number of hydrazine groups is 1. The smallest absolute Gasteiger partial charge is 0.239 e. The van der Waals surface area contributed by atoms with Crippen LogP contribution in [0, 0.1) is 16.0 Å². The summed E-state index contributed by atoms with van der Waals surface area (Å²) in [4.78, 5) is 23.7. The minimum Gasteiger partial charge on any atom is -0.348 e. The zero-order chi connectivity index (χ0) is 16.7. The molecule has 2 aliphatic carbocycles. The molecule has 2 fully saturated rings. The molecule has 1 saturated heterocycles. The Morgan fingerprint density at radius 1 is 1.21 bits per heavy atom. The van der Waals surface area contributed by atoms with Crippen LogP contribution < -0.4 is 16.2 Å². The fourth-order valence-electron chi connectivity index (χ4n) is 4.45. The molecule has 24 heavy (non-hydrogen) atoms. The molecule has 0 aromatic heterocycles. The van der Waals surface area contributed by atoms with Crippen molar-refractivity contribution in [2.24, 2.45) is 5.92 Å². The molecule has 128 valence electrons. The van der Waals surface area contributed by atoms with Crippen LogP contribution in [0.3, 0.4) is 0 Å². The van der Waals surface area contributed by atoms with Gasteiger partial charge in [-0.25, -0.2) is 5.43 Å². The van der Waals surface area contributed by atoms with Crippen LogP contribution in [0.15, 0.2) is 24.3 Å². The number of rotatable bonds is 3. The van der Waals surface area contributed by atoms with Gasteiger partial charge in [-0.3, -0.25) is 20.3 Å². The Hall–Kier alpha value is -1.99. The Morgan fingerprint density at radius 3 is 2.88 bits per heavy atom. The lowest BCUT2D eigenvalue weighted by molar-refractivity contribution is -0.528. The van der Waals surface area contributed by atoms with Gasteiger partial charge in [0.1, 0.15) is 6.04 Å². The second-order valence-electron chi connectivity index (χ2n) is 7.09. The second-order valence-corrected chi connectivity index (χ2v) is 7.09. The van der Waals surface area contributed by atoms with Crippen LogP contribution in [0.5, 0.6) is 0 Å². The number of nitrogens with zero attached hydrogens (tertiary/aromatic N) is 1. The van der Waals surface area contributed by atoms with E-state index in [4.69, 9.17) is 0 Å². The molecule has 5 atom stereocenters. The molecule has 7 nitrogen and oxygen atoms in total. The summed E-state index contributed by atoms with van der Waals surface area (Å²) in [6.45, 7) is 0. The molecule has 1 saturated carbocycles. The highest BCUT2D eigenvalue weighted by Gasteiger charge is 2.47. The lowest BCUT2D eigenvalue weighted by Gasteiger charge is -2.29. The maximum atomic E-state index is 12.8. The van der Waals surface area contributed by atoms with E-state index >= 15 is 0 Å². The maximum absolute atomic E-state index is 12.8. The average molecular weight is 330 g/mol. The Labute approximate surface area is 140 Å². The summed E-state index contributed by atoms with van der Waals surface area (Å²) in [6, 6.07) is 7.46. The molecule has 0 spiro atoms. The predicted molar refractivity (Wildman–Crippen MR) is 87.6 cm³/mol. The van der Waals surface area contributed by atoms with Crippen LogP contribution in [0.2, 0.25) is 0 Å². The topological polar surface area (TPSA) is 96.3 Å². The van der Waals surface area contributed by atoms with Gasteiger partial charge >= 0.3 is 0 Å². The Morgan fingerprint density at radius 2 is 2.04 bits per heavy atom. The first-order chi connectivity index (χ1) is 11.6. The predicted octanol–water partition coefficient (Wildman–Crippen LogP) is 1.08. The molecule has 1 aliphatic heterocycles. The molecule has 4 rings (SSSR count). The fourth-order valence-corrected chi connectivity index (χ4v) is 4.45. The third-order valence-electron chi connectivity index (χ3n) is 5.75. The van der Waals surface area contributed by atoms with Crippen LogP contribution >= 0.6 is 0 Å². The fraction of sp³-hybridized carbons (Fsp3) is 0.588. The second kappa shape index (κ2) is 6.14. The number of carbonyl (C=O) groups excluding carboxylic acids is 1. The first-order valence-electron chi connectivity index (χ1n) is 8.66. The van der Waals surface area contributed by atoms with E-state index in [0.717, 1.165) is 19.3 Å². The molecular weight excluding hydrogens is 308 g/mol. The lowest BCUT2D eigenvalue weighted by atomic mass is 9.79. The minimum absolute atomic E-state index is 0.0224. The van der Waals surface area contributed by atoms with E-state index in [-0.39, 0.29) is 28.8 Å². The van der Waals surface area contributed by atoms with Crippen LogP contribution in [-0.2, 0) is 11.2 Å². The summed E-state index contributed by atoms with van der Waals surface area (Å²) in [7, 11) is 0. The maximum Gasteiger partial charge on any atom is 0.239 e. The highest BCUT2D eigenvalue weighted by atomic mass is 16.6. The van der Waals surface area contributed by atoms with Gasteiger partial charge in [0, 0.05) is 29.7 Å². The number of carbonyl (C=O) groups is 1. The zero-order valence-corrected chi connectivity index (χ0v) is 13.4. The van der Waals surface area contributed by atoms with E-state index in [1.807, 2.05) is 12.1 Å². The third kappa shape index (κ3) is 2.67. The molecule has 1 aromatic rings. The van der Waals surface area contributed by atoms with E-state index in [9.17, 15) is 14.9 Å². The van der Waals surface area contributed by atoms with E-state index in [1.54, 1.807) is 0 Å². The Kier molecular flexibility index (Phi) is 3.97. The van der Waals surface area contributed by atoms with Crippen LogP contribution in [0.1, 0.15) is 42.9 Å². The van der Waals surface area contributed by atoms with Crippen molar-refractivity contribution in [3.63, 3.8) is 0 Å². The first kappa shape index (κ1) is 15.5. The average Bonchev–Trinajstić information content (AvgIpc) is 3.18. The van der Waals surface area contributed by atoms with Crippen molar-refractivity contribution < 1.29 is 9.72 Å². The summed E-state index contributed by atoms with van der Waals surface area (Å²) < 4.78 is 0. The number of hydrogen-bond donors (Lipinski definition) is 3. The van der Waals surface area contributed by atoms with Gasteiger partial charge in [-0.2, -0.15) is 0 Å². The Bertz CT molecular complexity index is 665. The quantitative estimate of drug-likeness (QED) is 0.569. The third-order valence-corrected chi connectivity index (χ3v) is 5.75. The molecule has 0 radical (unpaired) electrons. The molecule has 3 aliphatic rings. The van der Waals surface area contributed by atoms with Gasteiger partial charge in [0.05, 0.1) is 6.04 Å². The van der Waals surface area contributed by atoms with Crippen molar-refractivity contribution in [3.8, 4) is 0 Å². The molecular formula is C17H22N4O3. The summed E-state index contributed by atoms with van der Waals surface area (Å²) in [5, 5.41) is 14.2. The molecule has 0 bridgehead atoms. The van der Waals surface area contributed by atoms with Crippen molar-refractivity contribution in [2.45, 2.75) is 56.3 Å². The molecule has 1 aromatic carbocycles. The number of benzene rings is 1. The highest BCUT2D eigenvalue weighted by molar-refractivity contribution is 5.83. The molecule has 1 heterocycles. The SMILES string of the molecule is O=C(NC1CCc2ccccc21)C1NNC2CCC([N+](=O)[O-])CC21. The van der Waals surface area contributed by atoms with Crippen LogP contribution in [-0.4, -0.2) is 29.0 Å². The van der Waals surface area contributed by atoms with Gasteiger partial charge in [0.2, 0.25) is 11.9 Å². The monoisotopic (exact) mass is 330 g/mol. The summed E-state index contributed by atoms with van der Waals surface area (Å²) in [6.07, 6.45) is 3.66. The standard InChI is InChI=1S/C17H22N4O3/c22-17(18-14-7-5-10-3-1-2-4-12(10)14)16-13-9-11(21(23)24)6-8-15(13)19-20-16/h1-4,11,13-16,19-20H,5-9H2,(H,18,22). The molecule has 3 N–H and O–H groups in total. The van der Waals surface area contributed by atoms with Crippen LogP contribution in [0.4, 0.5) is 0 Å². The van der Waals surface area contributed by atoms with Crippen molar-refractivity contribution in [1.82, 2.24) is 16.2 Å². The highest BCUT2D eigenvalue weighted by Crippen LogP contribution is 2.34. The van der Waals surface area contributed by atoms with Crippen molar-refractivity contribution in [1.29, 1.82) is 0 Å². The van der Waals surface area contributed by atoms with Gasteiger partial charge in [-0.05, 0) is 30.4 Å². The van der Waals surface area contributed by atoms with Crippen molar-refractivity contribution in [3.05, 3.63) is 45.5 Å². The van der Waals surface area contributed by atoms with Crippen LogP contribution in [0.25, 0.3) is 0 Å². The van der Waals surface area contributed by atoms with E-state index in [1.165, 1.54) is 11.1 Å². The summed E-state index contributed by atoms with van der Waals surface area (Å²) >= 11 is 0. The van der Waals surface area contributed by atoms with Crippen molar-refractivity contribution >= 4 is 5.91 Å².